The lowest BCUT2D eigenvalue weighted by atomic mass is 10.1. The number of benzene rings is 2. The van der Waals surface area contributed by atoms with Gasteiger partial charge in [-0.15, -0.1) is 0 Å². The van der Waals surface area contributed by atoms with Crippen LogP contribution in [0.15, 0.2) is 65.7 Å². The first-order chi connectivity index (χ1) is 11.2. The van der Waals surface area contributed by atoms with Crippen LogP contribution in [0, 0.1) is 0 Å². The molecule has 3 aromatic rings. The van der Waals surface area contributed by atoms with Gasteiger partial charge in [0.15, 0.2) is 6.04 Å². The molecule has 0 radical (unpaired) electrons. The van der Waals surface area contributed by atoms with Gasteiger partial charge in [0.05, 0.1) is 16.2 Å². The number of hydrogen-bond donors (Lipinski definition) is 0. The van der Waals surface area contributed by atoms with Crippen molar-refractivity contribution in [2.24, 2.45) is 4.99 Å². The number of para-hydroxylation sites is 1. The minimum Gasteiger partial charge on any atom is -0.405 e. The summed E-state index contributed by atoms with van der Waals surface area (Å²) in [6.45, 7) is 0. The van der Waals surface area contributed by atoms with E-state index in [1.54, 1.807) is 6.07 Å². The Hall–Kier alpha value is -2.72. The van der Waals surface area contributed by atoms with E-state index in [9.17, 15) is 4.79 Å². The summed E-state index contributed by atoms with van der Waals surface area (Å²) >= 11 is 6.30. The van der Waals surface area contributed by atoms with E-state index in [1.165, 1.54) is 0 Å². The number of pyridine rings is 1. The van der Waals surface area contributed by atoms with Gasteiger partial charge < -0.3 is 4.74 Å². The summed E-state index contributed by atoms with van der Waals surface area (Å²) < 4.78 is 5.29. The number of aliphatic imine (C=N–C) groups is 1. The molecule has 0 N–H and O–H groups in total. The molecular formula is C18H11ClN2O2. The Bertz CT molecular complexity index is 938. The summed E-state index contributed by atoms with van der Waals surface area (Å²) in [7, 11) is 0. The second kappa shape index (κ2) is 5.48. The van der Waals surface area contributed by atoms with Crippen LogP contribution >= 0.6 is 11.6 Å². The zero-order valence-electron chi connectivity index (χ0n) is 11.9. The molecule has 0 fully saturated rings. The average Bonchev–Trinajstić information content (AvgIpc) is 2.97. The molecule has 112 valence electrons. The van der Waals surface area contributed by atoms with E-state index in [0.29, 0.717) is 16.6 Å². The molecule has 1 aliphatic heterocycles. The number of carbonyl (C=O) groups is 1. The third-order valence-corrected chi connectivity index (χ3v) is 3.97. The van der Waals surface area contributed by atoms with Crippen molar-refractivity contribution in [1.29, 1.82) is 0 Å². The molecule has 1 unspecified atom stereocenters. The number of carbonyl (C=O) groups excluding carboxylic acids is 1. The highest BCUT2D eigenvalue weighted by atomic mass is 35.5. The standard InChI is InChI=1S/C18H11ClN2O2/c19-13-10-15(20-14-9-5-4-8-12(13)14)16-18(22)23-17(21-16)11-6-2-1-3-7-11/h1-10,16H. The number of ether oxygens (including phenoxy) is 1. The maximum Gasteiger partial charge on any atom is 0.344 e. The highest BCUT2D eigenvalue weighted by Gasteiger charge is 2.32. The topological polar surface area (TPSA) is 51.5 Å². The lowest BCUT2D eigenvalue weighted by Gasteiger charge is -2.06. The number of esters is 1. The Kier molecular flexibility index (Phi) is 3.32. The van der Waals surface area contributed by atoms with Crippen LogP contribution in [0.4, 0.5) is 0 Å². The normalized spacial score (nSPS) is 17.2. The molecule has 4 nitrogen and oxygen atoms in total. The van der Waals surface area contributed by atoms with E-state index >= 15 is 0 Å². The molecule has 1 atom stereocenters. The van der Waals surface area contributed by atoms with E-state index in [2.05, 4.69) is 9.98 Å². The van der Waals surface area contributed by atoms with Crippen LogP contribution in [0.1, 0.15) is 17.3 Å². The Morgan fingerprint density at radius 3 is 2.57 bits per heavy atom. The molecule has 2 aromatic carbocycles. The van der Waals surface area contributed by atoms with Crippen molar-refractivity contribution < 1.29 is 9.53 Å². The van der Waals surface area contributed by atoms with Crippen LogP contribution in [0.5, 0.6) is 0 Å². The third kappa shape index (κ3) is 2.47. The Morgan fingerprint density at radius 1 is 1.00 bits per heavy atom. The van der Waals surface area contributed by atoms with Gasteiger partial charge in [-0.1, -0.05) is 48.0 Å². The molecule has 2 heterocycles. The van der Waals surface area contributed by atoms with Crippen LogP contribution in [0.3, 0.4) is 0 Å². The van der Waals surface area contributed by atoms with Crippen molar-refractivity contribution in [3.05, 3.63) is 76.9 Å². The molecule has 0 bridgehead atoms. The monoisotopic (exact) mass is 322 g/mol. The largest absolute Gasteiger partial charge is 0.405 e. The van der Waals surface area contributed by atoms with Crippen LogP contribution in [0.25, 0.3) is 10.9 Å². The van der Waals surface area contributed by atoms with E-state index < -0.39 is 12.0 Å². The highest BCUT2D eigenvalue weighted by molar-refractivity contribution is 6.35. The lowest BCUT2D eigenvalue weighted by molar-refractivity contribution is -0.135. The highest BCUT2D eigenvalue weighted by Crippen LogP contribution is 2.30. The predicted octanol–water partition coefficient (Wildman–Crippen LogP) is 3.93. The molecule has 0 aliphatic carbocycles. The SMILES string of the molecule is O=C1OC(c2ccccc2)=NC1c1cc(Cl)c2ccccc2n1. The van der Waals surface area contributed by atoms with Gasteiger partial charge in [0.25, 0.3) is 0 Å². The van der Waals surface area contributed by atoms with Crippen LogP contribution in [-0.2, 0) is 9.53 Å². The zero-order valence-corrected chi connectivity index (χ0v) is 12.7. The maximum absolute atomic E-state index is 12.2. The minimum absolute atomic E-state index is 0.312. The molecule has 4 rings (SSSR count). The number of hydrogen-bond acceptors (Lipinski definition) is 4. The molecule has 0 saturated carbocycles. The van der Waals surface area contributed by atoms with Gasteiger partial charge in [-0.2, -0.15) is 0 Å². The number of rotatable bonds is 2. The Morgan fingerprint density at radius 2 is 1.74 bits per heavy atom. The van der Waals surface area contributed by atoms with Crippen molar-refractivity contribution in [1.82, 2.24) is 4.98 Å². The fraction of sp³-hybridized carbons (Fsp3) is 0.0556. The van der Waals surface area contributed by atoms with Crippen molar-refractivity contribution >= 4 is 34.4 Å². The number of nitrogens with zero attached hydrogens (tertiary/aromatic N) is 2. The second-order valence-electron chi connectivity index (χ2n) is 5.17. The lowest BCUT2D eigenvalue weighted by Crippen LogP contribution is -2.10. The summed E-state index contributed by atoms with van der Waals surface area (Å²) in [5, 5.41) is 1.39. The van der Waals surface area contributed by atoms with E-state index in [-0.39, 0.29) is 0 Å². The molecular weight excluding hydrogens is 312 g/mol. The van der Waals surface area contributed by atoms with Gasteiger partial charge in [0, 0.05) is 10.9 Å². The van der Waals surface area contributed by atoms with Gasteiger partial charge in [0.1, 0.15) is 0 Å². The number of aromatic nitrogens is 1. The first kappa shape index (κ1) is 13.9. The van der Waals surface area contributed by atoms with Gasteiger partial charge in [-0.05, 0) is 24.3 Å². The zero-order chi connectivity index (χ0) is 15.8. The van der Waals surface area contributed by atoms with E-state index in [1.807, 2.05) is 54.6 Å². The van der Waals surface area contributed by atoms with Crippen molar-refractivity contribution in [2.45, 2.75) is 6.04 Å². The molecule has 23 heavy (non-hydrogen) atoms. The summed E-state index contributed by atoms with van der Waals surface area (Å²) in [6.07, 6.45) is 0. The second-order valence-corrected chi connectivity index (χ2v) is 5.58. The summed E-state index contributed by atoms with van der Waals surface area (Å²) in [5.74, 6) is -0.130. The molecule has 5 heteroatoms. The first-order valence-corrected chi connectivity index (χ1v) is 7.50. The fourth-order valence-corrected chi connectivity index (χ4v) is 2.81. The molecule has 1 aliphatic rings. The molecule has 0 saturated heterocycles. The maximum atomic E-state index is 12.2. The van der Waals surface area contributed by atoms with Gasteiger partial charge in [0.2, 0.25) is 5.90 Å². The number of cyclic esters (lactones) is 1. The average molecular weight is 323 g/mol. The summed E-state index contributed by atoms with van der Waals surface area (Å²) in [6, 6.07) is 17.7. The van der Waals surface area contributed by atoms with Crippen molar-refractivity contribution in [3.63, 3.8) is 0 Å². The van der Waals surface area contributed by atoms with Gasteiger partial charge in [-0.3, -0.25) is 0 Å². The minimum atomic E-state index is -0.785. The first-order valence-electron chi connectivity index (χ1n) is 7.12. The van der Waals surface area contributed by atoms with E-state index in [4.69, 9.17) is 16.3 Å². The quantitative estimate of drug-likeness (QED) is 0.672. The fourth-order valence-electron chi connectivity index (χ4n) is 2.54. The third-order valence-electron chi connectivity index (χ3n) is 3.65. The van der Waals surface area contributed by atoms with Crippen LogP contribution < -0.4 is 0 Å². The van der Waals surface area contributed by atoms with Crippen molar-refractivity contribution in [3.8, 4) is 0 Å². The van der Waals surface area contributed by atoms with E-state index in [0.717, 1.165) is 16.5 Å². The Balaban J connectivity index is 1.78. The summed E-state index contributed by atoms with van der Waals surface area (Å²) in [4.78, 5) is 21.1. The number of halogens is 1. The predicted molar refractivity (Wildman–Crippen MR) is 88.6 cm³/mol. The van der Waals surface area contributed by atoms with Crippen LogP contribution in [-0.4, -0.2) is 16.9 Å². The van der Waals surface area contributed by atoms with Gasteiger partial charge >= 0.3 is 5.97 Å². The van der Waals surface area contributed by atoms with Crippen LogP contribution in [0.2, 0.25) is 5.02 Å². The molecule has 0 spiro atoms. The smallest absolute Gasteiger partial charge is 0.344 e. The molecule has 1 aromatic heterocycles. The Labute approximate surface area is 137 Å². The molecule has 0 amide bonds. The summed E-state index contributed by atoms with van der Waals surface area (Å²) in [5.41, 5.74) is 1.98. The number of fused-ring (bicyclic) bond motifs is 1. The van der Waals surface area contributed by atoms with Crippen molar-refractivity contribution in [2.75, 3.05) is 0 Å². The van der Waals surface area contributed by atoms with Gasteiger partial charge in [-0.25, -0.2) is 14.8 Å².